The molecule has 1 N–H and O–H groups in total. The molecule has 2 aromatic heterocycles. The molecule has 0 unspecified atom stereocenters. The number of aromatic nitrogens is 4. The van der Waals surface area contributed by atoms with Crippen LogP contribution in [0.3, 0.4) is 0 Å². The van der Waals surface area contributed by atoms with Gasteiger partial charge in [0, 0.05) is 18.8 Å². The van der Waals surface area contributed by atoms with Crippen molar-refractivity contribution in [2.45, 2.75) is 39.9 Å². The van der Waals surface area contributed by atoms with E-state index in [1.165, 1.54) is 11.8 Å². The second-order valence-electron chi connectivity index (χ2n) is 8.31. The van der Waals surface area contributed by atoms with E-state index >= 15 is 0 Å². The van der Waals surface area contributed by atoms with Gasteiger partial charge in [-0.1, -0.05) is 38.1 Å². The van der Waals surface area contributed by atoms with E-state index in [1.54, 1.807) is 9.13 Å². The summed E-state index contributed by atoms with van der Waals surface area (Å²) in [6.45, 7) is 6.13. The van der Waals surface area contributed by atoms with Gasteiger partial charge >= 0.3 is 11.7 Å². The normalized spacial score (nSPS) is 11.7. The third-order valence-corrected chi connectivity index (χ3v) is 6.50. The Morgan fingerprint density at radius 1 is 0.969 bits per heavy atom. The maximum Gasteiger partial charge on any atom is 0.329 e. The van der Waals surface area contributed by atoms with Crippen molar-refractivity contribution in [1.29, 1.82) is 0 Å². The van der Waals surface area contributed by atoms with Crippen molar-refractivity contribution in [2.75, 3.05) is 11.5 Å². The summed E-state index contributed by atoms with van der Waals surface area (Å²) in [4.78, 5) is 29.0. The molecule has 0 aliphatic heterocycles. The zero-order valence-electron chi connectivity index (χ0n) is 18.4. The minimum atomic E-state index is -0.843. The second kappa shape index (κ2) is 9.65. The van der Waals surface area contributed by atoms with Crippen LogP contribution in [0.25, 0.3) is 22.1 Å². The van der Waals surface area contributed by atoms with Crippen LogP contribution in [0.4, 0.5) is 0 Å². The second-order valence-corrected chi connectivity index (χ2v) is 9.41. The van der Waals surface area contributed by atoms with Gasteiger partial charge in [0.05, 0.1) is 34.4 Å². The molecule has 0 aliphatic rings. The Morgan fingerprint density at radius 3 is 2.31 bits per heavy atom. The van der Waals surface area contributed by atoms with Crippen LogP contribution in [0.5, 0.6) is 0 Å². The summed E-state index contributed by atoms with van der Waals surface area (Å²) in [5.74, 6) is 1.19. The van der Waals surface area contributed by atoms with Crippen LogP contribution >= 0.6 is 11.8 Å². The molecule has 32 heavy (non-hydrogen) atoms. The van der Waals surface area contributed by atoms with Gasteiger partial charge in [-0.3, -0.25) is 13.9 Å². The summed E-state index contributed by atoms with van der Waals surface area (Å²) in [6.07, 6.45) is 1.03. The summed E-state index contributed by atoms with van der Waals surface area (Å²) >= 11 is 1.32. The lowest BCUT2D eigenvalue weighted by Crippen LogP contribution is -2.26. The van der Waals surface area contributed by atoms with Gasteiger partial charge in [0.1, 0.15) is 5.82 Å². The van der Waals surface area contributed by atoms with Crippen LogP contribution in [-0.4, -0.2) is 41.3 Å². The zero-order chi connectivity index (χ0) is 22.7. The van der Waals surface area contributed by atoms with Gasteiger partial charge in [0.2, 0.25) is 0 Å². The zero-order valence-corrected chi connectivity index (χ0v) is 19.2. The number of carboxylic acids is 1. The van der Waals surface area contributed by atoms with Crippen molar-refractivity contribution in [1.82, 2.24) is 18.7 Å². The minimum Gasteiger partial charge on any atom is -0.481 e. The molecule has 0 saturated carbocycles. The average Bonchev–Trinajstić information content (AvgIpc) is 3.25. The number of hydrogen-bond donors (Lipinski definition) is 1. The first kappa shape index (κ1) is 22.2. The number of aryl methyl sites for hydroxylation is 2. The van der Waals surface area contributed by atoms with E-state index in [0.717, 1.165) is 40.9 Å². The number of para-hydroxylation sites is 4. The molecule has 0 atom stereocenters. The highest BCUT2D eigenvalue weighted by atomic mass is 32.2. The lowest BCUT2D eigenvalue weighted by atomic mass is 10.1. The van der Waals surface area contributed by atoms with Gasteiger partial charge in [-0.25, -0.2) is 9.78 Å². The molecule has 0 bridgehead atoms. The van der Waals surface area contributed by atoms with Gasteiger partial charge in [-0.05, 0) is 36.6 Å². The van der Waals surface area contributed by atoms with Crippen molar-refractivity contribution in [3.8, 4) is 0 Å². The average molecular weight is 453 g/mol. The lowest BCUT2D eigenvalue weighted by Gasteiger charge is -2.11. The van der Waals surface area contributed by atoms with Crippen molar-refractivity contribution < 1.29 is 9.90 Å². The first-order valence-corrected chi connectivity index (χ1v) is 12.0. The number of carbonyl (C=O) groups is 1. The number of nitrogens with zero attached hydrogens (tertiary/aromatic N) is 4. The lowest BCUT2D eigenvalue weighted by molar-refractivity contribution is -0.133. The number of benzene rings is 2. The van der Waals surface area contributed by atoms with E-state index in [4.69, 9.17) is 10.1 Å². The fourth-order valence-electron chi connectivity index (χ4n) is 3.98. The predicted molar refractivity (Wildman–Crippen MR) is 129 cm³/mol. The Balaban J connectivity index is 1.71. The van der Waals surface area contributed by atoms with Crippen molar-refractivity contribution in [2.24, 2.45) is 5.92 Å². The van der Waals surface area contributed by atoms with E-state index in [1.807, 2.05) is 42.5 Å². The third-order valence-electron chi connectivity index (χ3n) is 5.57. The molecule has 0 aliphatic carbocycles. The molecule has 0 radical (unpaired) electrons. The minimum absolute atomic E-state index is 0.0350. The van der Waals surface area contributed by atoms with Crippen LogP contribution in [0.15, 0.2) is 53.3 Å². The predicted octanol–water partition coefficient (Wildman–Crippen LogP) is 4.06. The number of hydrogen-bond acceptors (Lipinski definition) is 4. The highest BCUT2D eigenvalue weighted by molar-refractivity contribution is 7.99. The smallest absolute Gasteiger partial charge is 0.329 e. The Hall–Kier alpha value is -3.00. The van der Waals surface area contributed by atoms with Gasteiger partial charge < -0.3 is 9.67 Å². The van der Waals surface area contributed by atoms with Crippen molar-refractivity contribution >= 4 is 39.8 Å². The molecular weight excluding hydrogens is 424 g/mol. The molecule has 2 aromatic carbocycles. The Morgan fingerprint density at radius 2 is 1.62 bits per heavy atom. The van der Waals surface area contributed by atoms with Crippen LogP contribution in [0.1, 0.15) is 26.1 Å². The van der Waals surface area contributed by atoms with Crippen LogP contribution in [0.2, 0.25) is 0 Å². The first-order chi connectivity index (χ1) is 15.5. The SMILES string of the molecule is CC(C)CCn1c(Cn2c(=O)n(CCSCC(=O)O)c3ccccc32)nc2ccccc21. The Bertz CT molecular complexity index is 1300. The number of aliphatic carboxylic acids is 1. The molecule has 168 valence electrons. The number of fused-ring (bicyclic) bond motifs is 2. The summed E-state index contributed by atoms with van der Waals surface area (Å²) < 4.78 is 5.76. The highest BCUT2D eigenvalue weighted by Crippen LogP contribution is 2.20. The summed E-state index contributed by atoms with van der Waals surface area (Å²) in [7, 11) is 0. The molecule has 0 spiro atoms. The van der Waals surface area contributed by atoms with Crippen LogP contribution in [0, 0.1) is 5.92 Å². The number of thioether (sulfide) groups is 1. The molecule has 4 aromatic rings. The highest BCUT2D eigenvalue weighted by Gasteiger charge is 2.17. The summed E-state index contributed by atoms with van der Waals surface area (Å²) in [5.41, 5.74) is 3.66. The molecule has 2 heterocycles. The summed E-state index contributed by atoms with van der Waals surface area (Å²) in [5, 5.41) is 8.87. The fourth-order valence-corrected chi connectivity index (χ4v) is 4.61. The van der Waals surface area contributed by atoms with Gasteiger partial charge in [0.15, 0.2) is 0 Å². The first-order valence-electron chi connectivity index (χ1n) is 10.9. The molecule has 0 amide bonds. The Kier molecular flexibility index (Phi) is 6.69. The molecular formula is C24H28N4O3S. The third kappa shape index (κ3) is 4.60. The molecule has 8 heteroatoms. The maximum atomic E-state index is 13.4. The van der Waals surface area contributed by atoms with E-state index in [9.17, 15) is 9.59 Å². The van der Waals surface area contributed by atoms with Gasteiger partial charge in [0.25, 0.3) is 0 Å². The largest absolute Gasteiger partial charge is 0.481 e. The summed E-state index contributed by atoms with van der Waals surface area (Å²) in [6, 6.07) is 15.9. The monoisotopic (exact) mass is 452 g/mol. The van der Waals surface area contributed by atoms with E-state index in [-0.39, 0.29) is 11.4 Å². The maximum absolute atomic E-state index is 13.4. The molecule has 4 rings (SSSR count). The molecule has 7 nitrogen and oxygen atoms in total. The standard InChI is InChI=1S/C24H28N4O3S/c1-17(2)11-12-26-19-8-4-3-7-18(19)25-22(26)15-28-21-10-6-5-9-20(21)27(24(28)31)13-14-32-16-23(29)30/h3-10,17H,11-16H2,1-2H3,(H,29,30). The van der Waals surface area contributed by atoms with Crippen molar-refractivity contribution in [3.05, 3.63) is 64.8 Å². The number of carboxylic acid groups (broad SMARTS) is 1. The van der Waals surface area contributed by atoms with Crippen LogP contribution < -0.4 is 5.69 Å². The van der Waals surface area contributed by atoms with E-state index < -0.39 is 5.97 Å². The van der Waals surface area contributed by atoms with Gasteiger partial charge in [-0.15, -0.1) is 11.8 Å². The Labute approximate surface area is 190 Å². The fraction of sp³-hybridized carbons (Fsp3) is 0.375. The van der Waals surface area contributed by atoms with E-state index in [2.05, 4.69) is 24.5 Å². The van der Waals surface area contributed by atoms with Gasteiger partial charge in [-0.2, -0.15) is 0 Å². The molecule has 0 saturated heterocycles. The number of imidazole rings is 2. The topological polar surface area (TPSA) is 82.0 Å². The quantitative estimate of drug-likeness (QED) is 0.367. The number of rotatable bonds is 10. The van der Waals surface area contributed by atoms with E-state index in [0.29, 0.717) is 24.8 Å². The van der Waals surface area contributed by atoms with Crippen molar-refractivity contribution in [3.63, 3.8) is 0 Å². The molecule has 0 fully saturated rings. The van der Waals surface area contributed by atoms with Crippen LogP contribution in [-0.2, 0) is 24.4 Å².